The highest BCUT2D eigenvalue weighted by Gasteiger charge is 2.09. The third kappa shape index (κ3) is 20.5. The topological polar surface area (TPSA) is 148 Å². The van der Waals surface area contributed by atoms with Crippen molar-refractivity contribution >= 4 is 18.1 Å². The van der Waals surface area contributed by atoms with Crippen LogP contribution in [0.3, 0.4) is 0 Å². The second kappa shape index (κ2) is 19.1. The molecule has 8 heteroatoms. The minimum atomic E-state index is -0.933. The van der Waals surface area contributed by atoms with Crippen LogP contribution in [0.4, 0.5) is 0 Å². The van der Waals surface area contributed by atoms with Crippen LogP contribution < -0.4 is 11.5 Å². The van der Waals surface area contributed by atoms with Gasteiger partial charge in [0.15, 0.2) is 0 Å². The molecule has 0 aromatic rings. The van der Waals surface area contributed by atoms with E-state index in [1.54, 1.807) is 0 Å². The van der Waals surface area contributed by atoms with Crippen LogP contribution in [0.5, 0.6) is 0 Å². The first-order valence-electron chi connectivity index (χ1n) is 7.35. The summed E-state index contributed by atoms with van der Waals surface area (Å²) in [6.45, 7) is 1.72. The smallest absolute Gasteiger partial charge is 0.320 e. The fourth-order valence-electron chi connectivity index (χ4n) is 1.46. The lowest BCUT2D eigenvalue weighted by Gasteiger charge is -2.03. The van der Waals surface area contributed by atoms with Gasteiger partial charge in [0.2, 0.25) is 12.2 Å². The van der Waals surface area contributed by atoms with E-state index in [9.17, 15) is 14.4 Å². The number of nitrogens with two attached hydrogens (primary N) is 2. The summed E-state index contributed by atoms with van der Waals surface area (Å²) in [5.74, 6) is -0.933. The first-order chi connectivity index (χ1) is 10.6. The molecule has 0 amide bonds. The SMILES string of the molecule is NCCCC[C@H](N)C(=O)O.O=C=NCCCCCCN=C=O. The zero-order valence-corrected chi connectivity index (χ0v) is 12.9. The van der Waals surface area contributed by atoms with Crippen molar-refractivity contribution in [2.45, 2.75) is 51.0 Å². The van der Waals surface area contributed by atoms with Crippen LogP contribution in [-0.4, -0.2) is 48.9 Å². The Morgan fingerprint density at radius 3 is 1.82 bits per heavy atom. The van der Waals surface area contributed by atoms with Gasteiger partial charge in [-0.3, -0.25) is 4.79 Å². The van der Waals surface area contributed by atoms with E-state index in [1.807, 2.05) is 0 Å². The van der Waals surface area contributed by atoms with Crippen LogP contribution in [-0.2, 0) is 14.4 Å². The Balaban J connectivity index is 0. The average Bonchev–Trinajstić information content (AvgIpc) is 2.50. The third-order valence-corrected chi connectivity index (χ3v) is 2.71. The molecule has 0 fully saturated rings. The summed E-state index contributed by atoms with van der Waals surface area (Å²) in [6.07, 6.45) is 8.96. The number of hydrogen-bond acceptors (Lipinski definition) is 7. The number of nitrogens with zero attached hydrogens (tertiary/aromatic N) is 2. The average molecular weight is 314 g/mol. The minimum Gasteiger partial charge on any atom is -0.480 e. The number of carboxylic acid groups (broad SMARTS) is 1. The molecular formula is C14H26N4O4. The van der Waals surface area contributed by atoms with Crippen molar-refractivity contribution in [3.63, 3.8) is 0 Å². The number of aliphatic imine (C=N–C) groups is 2. The van der Waals surface area contributed by atoms with E-state index in [-0.39, 0.29) is 0 Å². The first-order valence-corrected chi connectivity index (χ1v) is 7.35. The van der Waals surface area contributed by atoms with Crippen LogP contribution in [0.25, 0.3) is 0 Å². The third-order valence-electron chi connectivity index (χ3n) is 2.71. The van der Waals surface area contributed by atoms with Gasteiger partial charge in [0.25, 0.3) is 0 Å². The van der Waals surface area contributed by atoms with E-state index < -0.39 is 12.0 Å². The molecule has 5 N–H and O–H groups in total. The number of carboxylic acids is 1. The Kier molecular flexibility index (Phi) is 19.5. The summed E-state index contributed by atoms with van der Waals surface area (Å²) >= 11 is 0. The fraction of sp³-hybridized carbons (Fsp3) is 0.786. The van der Waals surface area contributed by atoms with Crippen LogP contribution in [0, 0.1) is 0 Å². The molecule has 0 spiro atoms. The van der Waals surface area contributed by atoms with Crippen molar-refractivity contribution in [1.29, 1.82) is 0 Å². The van der Waals surface area contributed by atoms with Gasteiger partial charge in [-0.15, -0.1) is 0 Å². The number of hydrogen-bond donors (Lipinski definition) is 3. The molecule has 0 heterocycles. The minimum absolute atomic E-state index is 0.520. The highest BCUT2D eigenvalue weighted by molar-refractivity contribution is 5.72. The van der Waals surface area contributed by atoms with Gasteiger partial charge in [-0.25, -0.2) is 19.6 Å². The predicted octanol–water partition coefficient (Wildman–Crippen LogP) is 0.746. The van der Waals surface area contributed by atoms with Gasteiger partial charge in [0.1, 0.15) is 6.04 Å². The van der Waals surface area contributed by atoms with E-state index in [1.165, 1.54) is 12.2 Å². The summed E-state index contributed by atoms with van der Waals surface area (Å²) in [4.78, 5) is 36.2. The van der Waals surface area contributed by atoms with Crippen LogP contribution in [0.2, 0.25) is 0 Å². The Morgan fingerprint density at radius 1 is 0.955 bits per heavy atom. The van der Waals surface area contributed by atoms with Gasteiger partial charge < -0.3 is 16.6 Å². The number of aliphatic carboxylic acids is 1. The number of isocyanates is 2. The van der Waals surface area contributed by atoms with Gasteiger partial charge in [-0.05, 0) is 32.2 Å². The van der Waals surface area contributed by atoms with Gasteiger partial charge in [-0.1, -0.05) is 19.3 Å². The van der Waals surface area contributed by atoms with Crippen LogP contribution in [0.15, 0.2) is 9.98 Å². The predicted molar refractivity (Wildman–Crippen MR) is 83.0 cm³/mol. The number of unbranched alkanes of at least 4 members (excludes halogenated alkanes) is 4. The maximum atomic E-state index is 10.1. The number of carbonyl (C=O) groups excluding carboxylic acids is 2. The highest BCUT2D eigenvalue weighted by Crippen LogP contribution is 1.99. The molecule has 0 rings (SSSR count). The zero-order chi connectivity index (χ0) is 17.1. The van der Waals surface area contributed by atoms with E-state index >= 15 is 0 Å². The maximum absolute atomic E-state index is 10.1. The highest BCUT2D eigenvalue weighted by atomic mass is 16.4. The van der Waals surface area contributed by atoms with E-state index in [2.05, 4.69) is 9.98 Å². The molecule has 0 saturated carbocycles. The quantitative estimate of drug-likeness (QED) is 0.275. The molecule has 0 radical (unpaired) electrons. The first kappa shape index (κ1) is 22.4. The molecule has 8 nitrogen and oxygen atoms in total. The molecule has 0 saturated heterocycles. The van der Waals surface area contributed by atoms with Crippen molar-refractivity contribution in [2.75, 3.05) is 19.6 Å². The van der Waals surface area contributed by atoms with Crippen molar-refractivity contribution in [3.05, 3.63) is 0 Å². The molecular weight excluding hydrogens is 288 g/mol. The molecule has 0 aromatic heterocycles. The fourth-order valence-corrected chi connectivity index (χ4v) is 1.46. The van der Waals surface area contributed by atoms with Crippen LogP contribution in [0.1, 0.15) is 44.9 Å². The zero-order valence-electron chi connectivity index (χ0n) is 12.9. The summed E-state index contributed by atoms with van der Waals surface area (Å²) in [5.41, 5.74) is 10.4. The second-order valence-corrected chi connectivity index (χ2v) is 4.59. The van der Waals surface area contributed by atoms with Crippen molar-refractivity contribution in [1.82, 2.24) is 0 Å². The molecule has 0 bridgehead atoms. The largest absolute Gasteiger partial charge is 0.480 e. The Hall–Kier alpha value is -1.85. The Labute approximate surface area is 130 Å². The van der Waals surface area contributed by atoms with Crippen molar-refractivity contribution < 1.29 is 19.5 Å². The van der Waals surface area contributed by atoms with Crippen LogP contribution >= 0.6 is 0 Å². The molecule has 0 aliphatic carbocycles. The lowest BCUT2D eigenvalue weighted by molar-refractivity contribution is -0.138. The molecule has 0 unspecified atom stereocenters. The molecule has 126 valence electrons. The van der Waals surface area contributed by atoms with Crippen molar-refractivity contribution in [2.24, 2.45) is 21.5 Å². The number of rotatable bonds is 12. The standard InChI is InChI=1S/C8H12N2O2.C6H14N2O2/c11-7-9-5-3-1-2-4-6-10-8-12;7-4-2-1-3-5(8)6(9)10/h1-6H2;5H,1-4,7-8H2,(H,9,10)/t;5-/m.0/s1. The second-order valence-electron chi connectivity index (χ2n) is 4.59. The van der Waals surface area contributed by atoms with E-state index in [0.717, 1.165) is 38.5 Å². The molecule has 0 aliphatic rings. The molecule has 1 atom stereocenters. The van der Waals surface area contributed by atoms with Gasteiger partial charge >= 0.3 is 5.97 Å². The number of carbonyl (C=O) groups is 1. The van der Waals surface area contributed by atoms with Gasteiger partial charge in [-0.2, -0.15) is 0 Å². The van der Waals surface area contributed by atoms with Crippen molar-refractivity contribution in [3.8, 4) is 0 Å². The molecule has 22 heavy (non-hydrogen) atoms. The Morgan fingerprint density at radius 2 is 1.45 bits per heavy atom. The Bertz CT molecular complexity index is 342. The normalized spacial score (nSPS) is 10.5. The summed E-state index contributed by atoms with van der Waals surface area (Å²) < 4.78 is 0. The lowest BCUT2D eigenvalue weighted by atomic mass is 10.1. The lowest BCUT2D eigenvalue weighted by Crippen LogP contribution is -2.29. The van der Waals surface area contributed by atoms with Gasteiger partial charge in [0.05, 0.1) is 13.1 Å². The van der Waals surface area contributed by atoms with E-state index in [0.29, 0.717) is 26.1 Å². The molecule has 0 aromatic carbocycles. The maximum Gasteiger partial charge on any atom is 0.320 e. The molecule has 0 aliphatic heterocycles. The summed E-state index contributed by atoms with van der Waals surface area (Å²) in [7, 11) is 0. The monoisotopic (exact) mass is 314 g/mol. The summed E-state index contributed by atoms with van der Waals surface area (Å²) in [6, 6.07) is -0.716. The van der Waals surface area contributed by atoms with E-state index in [4.69, 9.17) is 16.6 Å². The summed E-state index contributed by atoms with van der Waals surface area (Å²) in [5, 5.41) is 8.33. The van der Waals surface area contributed by atoms with Gasteiger partial charge in [0, 0.05) is 0 Å².